The third kappa shape index (κ3) is 3.17. The number of aliphatic hydroxyl groups excluding tert-OH is 1. The summed E-state index contributed by atoms with van der Waals surface area (Å²) < 4.78 is 13.8. The first-order chi connectivity index (χ1) is 9.65. The highest BCUT2D eigenvalue weighted by Gasteiger charge is 2.27. The molecule has 1 aromatic carbocycles. The van der Waals surface area contributed by atoms with Gasteiger partial charge in [0, 0.05) is 18.7 Å². The van der Waals surface area contributed by atoms with Crippen molar-refractivity contribution in [3.05, 3.63) is 35.1 Å². The van der Waals surface area contributed by atoms with E-state index in [4.69, 9.17) is 5.11 Å². The summed E-state index contributed by atoms with van der Waals surface area (Å²) in [4.78, 5) is 14.0. The van der Waals surface area contributed by atoms with Crippen molar-refractivity contribution in [3.63, 3.8) is 0 Å². The summed E-state index contributed by atoms with van der Waals surface area (Å²) in [5, 5.41) is 8.67. The van der Waals surface area contributed by atoms with Gasteiger partial charge < -0.3 is 10.0 Å². The molecule has 1 atom stereocenters. The van der Waals surface area contributed by atoms with Crippen LogP contribution in [0.1, 0.15) is 35.7 Å². The van der Waals surface area contributed by atoms with Crippen LogP contribution in [-0.4, -0.2) is 35.6 Å². The number of amides is 1. The van der Waals surface area contributed by atoms with E-state index in [0.29, 0.717) is 24.6 Å². The number of hydrogen-bond acceptors (Lipinski definition) is 2. The maximum Gasteiger partial charge on any atom is 0.256 e. The van der Waals surface area contributed by atoms with Gasteiger partial charge in [-0.2, -0.15) is 0 Å². The van der Waals surface area contributed by atoms with Crippen LogP contribution < -0.4 is 0 Å². The summed E-state index contributed by atoms with van der Waals surface area (Å²) in [5.74, 6) is 4.90. The number of rotatable bonds is 2. The van der Waals surface area contributed by atoms with Gasteiger partial charge in [0.05, 0.1) is 5.56 Å². The van der Waals surface area contributed by atoms with E-state index >= 15 is 0 Å². The van der Waals surface area contributed by atoms with Gasteiger partial charge in [0.15, 0.2) is 0 Å². The largest absolute Gasteiger partial charge is 0.384 e. The van der Waals surface area contributed by atoms with Crippen LogP contribution in [0.15, 0.2) is 18.2 Å². The molecule has 1 N–H and O–H groups in total. The second-order valence-electron chi connectivity index (χ2n) is 4.97. The highest BCUT2D eigenvalue weighted by Crippen LogP contribution is 2.22. The highest BCUT2D eigenvalue weighted by molar-refractivity contribution is 5.95. The van der Waals surface area contributed by atoms with Gasteiger partial charge in [-0.15, -0.1) is 0 Å². The van der Waals surface area contributed by atoms with Crippen LogP contribution in [0, 0.1) is 23.6 Å². The smallest absolute Gasteiger partial charge is 0.256 e. The summed E-state index contributed by atoms with van der Waals surface area (Å²) in [6.07, 6.45) is 2.02. The number of halogens is 1. The molecule has 0 aromatic heterocycles. The molecular formula is C16H18FNO2. The van der Waals surface area contributed by atoms with E-state index in [1.807, 2.05) is 0 Å². The lowest BCUT2D eigenvalue weighted by Gasteiger charge is -2.16. The fourth-order valence-electron chi connectivity index (χ4n) is 2.43. The summed E-state index contributed by atoms with van der Waals surface area (Å²) in [6, 6.07) is 4.22. The molecule has 0 radical (unpaired) electrons. The molecule has 0 saturated carbocycles. The molecule has 106 valence electrons. The van der Waals surface area contributed by atoms with Crippen LogP contribution in [0.4, 0.5) is 4.39 Å². The summed E-state index contributed by atoms with van der Waals surface area (Å²) in [5.41, 5.74) is 0.599. The van der Waals surface area contributed by atoms with Gasteiger partial charge >= 0.3 is 0 Å². The third-order valence-corrected chi connectivity index (χ3v) is 3.66. The molecule has 4 heteroatoms. The summed E-state index contributed by atoms with van der Waals surface area (Å²) in [6.45, 7) is 3.22. The minimum absolute atomic E-state index is 0.0616. The number of benzene rings is 1. The fourth-order valence-corrected chi connectivity index (χ4v) is 2.43. The van der Waals surface area contributed by atoms with Crippen LogP contribution in [0.25, 0.3) is 0 Å². The molecule has 1 aliphatic heterocycles. The van der Waals surface area contributed by atoms with Crippen LogP contribution in [0.5, 0.6) is 0 Å². The second-order valence-corrected chi connectivity index (χ2v) is 4.97. The molecule has 1 heterocycles. The molecule has 1 amide bonds. The standard InChI is InChI=1S/C16H18FNO2/c1-2-12-7-8-18(11-12)16(20)14-10-13(4-3-9-19)5-6-15(14)17/h5-6,10,12,19H,2,7-9,11H2,1H3. The number of aliphatic hydroxyl groups is 1. The molecule has 1 saturated heterocycles. The van der Waals surface area contributed by atoms with Crippen molar-refractivity contribution in [2.45, 2.75) is 19.8 Å². The normalized spacial score (nSPS) is 17.8. The first-order valence-electron chi connectivity index (χ1n) is 6.84. The van der Waals surface area contributed by atoms with E-state index in [2.05, 4.69) is 18.8 Å². The van der Waals surface area contributed by atoms with Crippen LogP contribution >= 0.6 is 0 Å². The van der Waals surface area contributed by atoms with Crippen molar-refractivity contribution >= 4 is 5.91 Å². The zero-order valence-electron chi connectivity index (χ0n) is 11.5. The van der Waals surface area contributed by atoms with Crippen LogP contribution in [-0.2, 0) is 0 Å². The van der Waals surface area contributed by atoms with E-state index in [1.165, 1.54) is 18.2 Å². The quantitative estimate of drug-likeness (QED) is 0.839. The zero-order chi connectivity index (χ0) is 14.5. The van der Waals surface area contributed by atoms with Crippen molar-refractivity contribution < 1.29 is 14.3 Å². The van der Waals surface area contributed by atoms with Crippen molar-refractivity contribution in [2.75, 3.05) is 19.7 Å². The summed E-state index contributed by atoms with van der Waals surface area (Å²) >= 11 is 0. The Morgan fingerprint density at radius 1 is 1.55 bits per heavy atom. The first-order valence-corrected chi connectivity index (χ1v) is 6.84. The average molecular weight is 275 g/mol. The van der Waals surface area contributed by atoms with Gasteiger partial charge in [-0.3, -0.25) is 4.79 Å². The van der Waals surface area contributed by atoms with Gasteiger partial charge in [-0.1, -0.05) is 25.2 Å². The van der Waals surface area contributed by atoms with Crippen LogP contribution in [0.2, 0.25) is 0 Å². The number of hydrogen-bond donors (Lipinski definition) is 1. The lowest BCUT2D eigenvalue weighted by molar-refractivity contribution is 0.0782. The Bertz CT molecular complexity index is 559. The number of carbonyl (C=O) groups excluding carboxylic acids is 1. The Hall–Kier alpha value is -1.86. The lowest BCUT2D eigenvalue weighted by Crippen LogP contribution is -2.29. The molecule has 1 aromatic rings. The second kappa shape index (κ2) is 6.53. The molecular weight excluding hydrogens is 257 g/mol. The molecule has 3 nitrogen and oxygen atoms in total. The molecule has 2 rings (SSSR count). The molecule has 0 bridgehead atoms. The maximum atomic E-state index is 13.8. The number of carbonyl (C=O) groups is 1. The lowest BCUT2D eigenvalue weighted by atomic mass is 10.1. The van der Waals surface area contributed by atoms with Gasteiger partial charge in [0.25, 0.3) is 5.91 Å². The predicted octanol–water partition coefficient (Wildman–Crippen LogP) is 2.04. The van der Waals surface area contributed by atoms with E-state index < -0.39 is 5.82 Å². The Morgan fingerprint density at radius 3 is 3.00 bits per heavy atom. The average Bonchev–Trinajstić information content (AvgIpc) is 2.94. The highest BCUT2D eigenvalue weighted by atomic mass is 19.1. The van der Waals surface area contributed by atoms with Gasteiger partial charge in [0.2, 0.25) is 0 Å². The molecule has 1 unspecified atom stereocenters. The van der Waals surface area contributed by atoms with E-state index in [-0.39, 0.29) is 18.1 Å². The van der Waals surface area contributed by atoms with Crippen LogP contribution in [0.3, 0.4) is 0 Å². The molecule has 1 fully saturated rings. The molecule has 1 aliphatic rings. The van der Waals surface area contributed by atoms with Gasteiger partial charge in [-0.05, 0) is 30.5 Å². The van der Waals surface area contributed by atoms with Crippen molar-refractivity contribution in [1.29, 1.82) is 0 Å². The monoisotopic (exact) mass is 275 g/mol. The number of likely N-dealkylation sites (tertiary alicyclic amines) is 1. The van der Waals surface area contributed by atoms with E-state index in [1.54, 1.807) is 4.90 Å². The van der Waals surface area contributed by atoms with Crippen molar-refractivity contribution in [1.82, 2.24) is 4.90 Å². The Morgan fingerprint density at radius 2 is 2.35 bits per heavy atom. The fraction of sp³-hybridized carbons (Fsp3) is 0.438. The van der Waals surface area contributed by atoms with Crippen molar-refractivity contribution in [3.8, 4) is 11.8 Å². The van der Waals surface area contributed by atoms with E-state index in [0.717, 1.165) is 12.8 Å². The Balaban J connectivity index is 2.21. The third-order valence-electron chi connectivity index (χ3n) is 3.66. The molecule has 0 aliphatic carbocycles. The minimum atomic E-state index is -0.524. The summed E-state index contributed by atoms with van der Waals surface area (Å²) in [7, 11) is 0. The van der Waals surface area contributed by atoms with Gasteiger partial charge in [-0.25, -0.2) is 4.39 Å². The zero-order valence-corrected chi connectivity index (χ0v) is 11.5. The predicted molar refractivity (Wildman–Crippen MR) is 74.7 cm³/mol. The molecule has 0 spiro atoms. The molecule has 20 heavy (non-hydrogen) atoms. The van der Waals surface area contributed by atoms with Gasteiger partial charge in [0.1, 0.15) is 12.4 Å². The SMILES string of the molecule is CCC1CCN(C(=O)c2cc(C#CCO)ccc2F)C1. The first kappa shape index (κ1) is 14.5. The minimum Gasteiger partial charge on any atom is -0.384 e. The number of nitrogens with zero attached hydrogens (tertiary/aromatic N) is 1. The maximum absolute atomic E-state index is 13.8. The van der Waals surface area contributed by atoms with Crippen molar-refractivity contribution in [2.24, 2.45) is 5.92 Å². The Labute approximate surface area is 118 Å². The van der Waals surface area contributed by atoms with E-state index in [9.17, 15) is 9.18 Å². The Kier molecular flexibility index (Phi) is 4.75. The topological polar surface area (TPSA) is 40.5 Å².